The van der Waals surface area contributed by atoms with Crippen molar-refractivity contribution < 1.29 is 28.9 Å². The van der Waals surface area contributed by atoms with Crippen LogP contribution in [0.5, 0.6) is 17.2 Å². The van der Waals surface area contributed by atoms with E-state index in [4.69, 9.17) is 19.3 Å². The van der Waals surface area contributed by atoms with Gasteiger partial charge >= 0.3 is 11.9 Å². The molecule has 0 saturated carbocycles. The Balaban J connectivity index is 1.83. The molecule has 162 valence electrons. The molecule has 6 heteroatoms. The number of carbonyl (C=O) groups is 2. The van der Waals surface area contributed by atoms with Gasteiger partial charge in [-0.05, 0) is 73.7 Å². The van der Waals surface area contributed by atoms with E-state index in [0.717, 1.165) is 25.0 Å². The number of carbonyl (C=O) groups excluding carboxylic acids is 2. The lowest BCUT2D eigenvalue weighted by atomic mass is 10.0. The molecule has 2 aromatic carbocycles. The molecule has 2 aromatic rings. The van der Waals surface area contributed by atoms with Crippen molar-refractivity contribution in [2.24, 2.45) is 5.92 Å². The molecule has 0 bridgehead atoms. The predicted octanol–water partition coefficient (Wildman–Crippen LogP) is 4.79. The Bertz CT molecular complexity index is 782. The zero-order valence-electron chi connectivity index (χ0n) is 17.6. The molecule has 30 heavy (non-hydrogen) atoms. The third-order valence-corrected chi connectivity index (χ3v) is 4.49. The lowest BCUT2D eigenvalue weighted by Crippen LogP contribution is -2.13. The van der Waals surface area contributed by atoms with Gasteiger partial charge in [0.2, 0.25) is 0 Å². The fraction of sp³-hybridized carbons (Fsp3) is 0.417. The summed E-state index contributed by atoms with van der Waals surface area (Å²) in [4.78, 5) is 24.3. The lowest BCUT2D eigenvalue weighted by molar-refractivity contribution is -0.135. The van der Waals surface area contributed by atoms with E-state index in [1.165, 1.54) is 0 Å². The molecular weight excluding hydrogens is 384 g/mol. The smallest absolute Gasteiger partial charge is 0.343 e. The van der Waals surface area contributed by atoms with E-state index in [9.17, 15) is 9.59 Å². The Morgan fingerprint density at radius 3 is 2.13 bits per heavy atom. The summed E-state index contributed by atoms with van der Waals surface area (Å²) in [7, 11) is 0. The standard InChI is InChI=1S/C24H30O6/c1-3-4-16-28-20-11-13-22(14-12-20)30-24(27)19-7-9-21(10-8-19)29-23(26)17-18(2)6-5-15-25/h7-14,18,25H,3-6,15-17H2,1-2H3/t18-/m1/s1. The number of aliphatic hydroxyl groups excluding tert-OH is 1. The van der Waals surface area contributed by atoms with Crippen LogP contribution in [0.4, 0.5) is 0 Å². The minimum Gasteiger partial charge on any atom is -0.494 e. The summed E-state index contributed by atoms with van der Waals surface area (Å²) in [5.74, 6) is 0.847. The SMILES string of the molecule is CCCCOc1ccc(OC(=O)c2ccc(OC(=O)C[C@H](C)CCCO)cc2)cc1. The Hall–Kier alpha value is -2.86. The van der Waals surface area contributed by atoms with Crippen molar-refractivity contribution in [3.8, 4) is 17.2 Å². The van der Waals surface area contributed by atoms with E-state index in [1.807, 2.05) is 6.92 Å². The van der Waals surface area contributed by atoms with Crippen LogP contribution in [-0.4, -0.2) is 30.3 Å². The van der Waals surface area contributed by atoms with Crippen LogP contribution >= 0.6 is 0 Å². The number of hydrogen-bond donors (Lipinski definition) is 1. The molecule has 6 nitrogen and oxygen atoms in total. The van der Waals surface area contributed by atoms with Crippen LogP contribution in [0.2, 0.25) is 0 Å². The predicted molar refractivity (Wildman–Crippen MR) is 114 cm³/mol. The maximum Gasteiger partial charge on any atom is 0.343 e. The van der Waals surface area contributed by atoms with Crippen molar-refractivity contribution in [1.29, 1.82) is 0 Å². The van der Waals surface area contributed by atoms with Gasteiger partial charge in [0.25, 0.3) is 0 Å². The number of benzene rings is 2. The molecular formula is C24H30O6. The average Bonchev–Trinajstić information content (AvgIpc) is 2.74. The van der Waals surface area contributed by atoms with Crippen molar-refractivity contribution in [2.45, 2.75) is 46.0 Å². The topological polar surface area (TPSA) is 82.1 Å². The Kier molecular flexibility index (Phi) is 9.87. The van der Waals surface area contributed by atoms with Crippen molar-refractivity contribution in [1.82, 2.24) is 0 Å². The number of aliphatic hydroxyl groups is 1. The van der Waals surface area contributed by atoms with Gasteiger partial charge < -0.3 is 19.3 Å². The zero-order valence-corrected chi connectivity index (χ0v) is 17.6. The maximum absolute atomic E-state index is 12.3. The summed E-state index contributed by atoms with van der Waals surface area (Å²) in [6, 6.07) is 13.2. The minimum atomic E-state index is -0.495. The molecule has 2 rings (SSSR count). The molecule has 0 amide bonds. The molecule has 0 heterocycles. The van der Waals surface area contributed by atoms with Gasteiger partial charge in [-0.1, -0.05) is 20.3 Å². The van der Waals surface area contributed by atoms with Crippen LogP contribution in [0, 0.1) is 5.92 Å². The fourth-order valence-electron chi connectivity index (χ4n) is 2.76. The monoisotopic (exact) mass is 414 g/mol. The summed E-state index contributed by atoms with van der Waals surface area (Å²) >= 11 is 0. The molecule has 0 aliphatic rings. The summed E-state index contributed by atoms with van der Waals surface area (Å²) in [5, 5.41) is 8.84. The first-order chi connectivity index (χ1) is 14.5. The number of esters is 2. The normalized spacial score (nSPS) is 11.6. The van der Waals surface area contributed by atoms with Gasteiger partial charge in [-0.15, -0.1) is 0 Å². The van der Waals surface area contributed by atoms with Crippen LogP contribution in [0.15, 0.2) is 48.5 Å². The largest absolute Gasteiger partial charge is 0.494 e. The highest BCUT2D eigenvalue weighted by Gasteiger charge is 2.13. The Labute approximate surface area is 177 Å². The molecule has 1 N–H and O–H groups in total. The Morgan fingerprint density at radius 2 is 1.50 bits per heavy atom. The molecule has 0 aliphatic carbocycles. The molecule has 0 fully saturated rings. The highest BCUT2D eigenvalue weighted by Crippen LogP contribution is 2.20. The zero-order chi connectivity index (χ0) is 21.8. The van der Waals surface area contributed by atoms with E-state index in [0.29, 0.717) is 30.1 Å². The fourth-order valence-corrected chi connectivity index (χ4v) is 2.76. The third kappa shape index (κ3) is 8.25. The van der Waals surface area contributed by atoms with E-state index in [2.05, 4.69) is 6.92 Å². The second-order valence-electron chi connectivity index (χ2n) is 7.24. The first-order valence-electron chi connectivity index (χ1n) is 10.4. The van der Waals surface area contributed by atoms with Gasteiger partial charge in [0.15, 0.2) is 0 Å². The van der Waals surface area contributed by atoms with Crippen LogP contribution in [0.3, 0.4) is 0 Å². The highest BCUT2D eigenvalue weighted by molar-refractivity contribution is 5.91. The first kappa shape index (κ1) is 23.4. The summed E-state index contributed by atoms with van der Waals surface area (Å²) in [6.45, 7) is 4.83. The van der Waals surface area contributed by atoms with Crippen molar-refractivity contribution in [3.63, 3.8) is 0 Å². The van der Waals surface area contributed by atoms with Gasteiger partial charge in [0.05, 0.1) is 12.2 Å². The summed E-state index contributed by atoms with van der Waals surface area (Å²) in [5.41, 5.74) is 0.356. The third-order valence-electron chi connectivity index (χ3n) is 4.49. The number of ether oxygens (including phenoxy) is 3. The molecule has 0 aromatic heterocycles. The number of unbranched alkanes of at least 4 members (excludes halogenated alkanes) is 1. The van der Waals surface area contributed by atoms with Gasteiger partial charge in [-0.25, -0.2) is 4.79 Å². The maximum atomic E-state index is 12.3. The van der Waals surface area contributed by atoms with Gasteiger partial charge in [-0.3, -0.25) is 4.79 Å². The van der Waals surface area contributed by atoms with Crippen LogP contribution in [0.1, 0.15) is 56.3 Å². The first-order valence-corrected chi connectivity index (χ1v) is 10.4. The van der Waals surface area contributed by atoms with Crippen molar-refractivity contribution in [3.05, 3.63) is 54.1 Å². The lowest BCUT2D eigenvalue weighted by Gasteiger charge is -2.10. The summed E-state index contributed by atoms with van der Waals surface area (Å²) < 4.78 is 16.3. The van der Waals surface area contributed by atoms with E-state index in [1.54, 1.807) is 48.5 Å². The molecule has 0 unspecified atom stereocenters. The second-order valence-corrected chi connectivity index (χ2v) is 7.24. The van der Waals surface area contributed by atoms with Gasteiger partial charge in [0, 0.05) is 13.0 Å². The van der Waals surface area contributed by atoms with Gasteiger partial charge in [0.1, 0.15) is 17.2 Å². The molecule has 0 saturated heterocycles. The van der Waals surface area contributed by atoms with E-state index >= 15 is 0 Å². The quantitative estimate of drug-likeness (QED) is 0.305. The van der Waals surface area contributed by atoms with Crippen LogP contribution in [0.25, 0.3) is 0 Å². The van der Waals surface area contributed by atoms with Crippen molar-refractivity contribution in [2.75, 3.05) is 13.2 Å². The molecule has 0 aliphatic heterocycles. The summed E-state index contributed by atoms with van der Waals surface area (Å²) in [6.07, 6.45) is 3.77. The molecule has 0 radical (unpaired) electrons. The van der Waals surface area contributed by atoms with E-state index < -0.39 is 5.97 Å². The number of rotatable bonds is 12. The molecule has 1 atom stereocenters. The van der Waals surface area contributed by atoms with E-state index in [-0.39, 0.29) is 24.9 Å². The van der Waals surface area contributed by atoms with Gasteiger partial charge in [-0.2, -0.15) is 0 Å². The average molecular weight is 414 g/mol. The minimum absolute atomic E-state index is 0.119. The van der Waals surface area contributed by atoms with Crippen molar-refractivity contribution >= 4 is 11.9 Å². The Morgan fingerprint density at radius 1 is 0.900 bits per heavy atom. The van der Waals surface area contributed by atoms with Crippen LogP contribution < -0.4 is 14.2 Å². The highest BCUT2D eigenvalue weighted by atomic mass is 16.5. The van der Waals surface area contributed by atoms with Crippen LogP contribution in [-0.2, 0) is 4.79 Å². The second kappa shape index (κ2) is 12.6. The molecule has 0 spiro atoms. The number of hydrogen-bond acceptors (Lipinski definition) is 6.